The SMILES string of the molecule is CCN(c1cccc(Cl)c1)C(C)OC(=O)Oc1ccc(C(C)(C)C)cc1. The number of rotatable bonds is 5. The van der Waals surface area contributed by atoms with E-state index >= 15 is 0 Å². The Morgan fingerprint density at radius 3 is 2.35 bits per heavy atom. The van der Waals surface area contributed by atoms with Crippen molar-refractivity contribution in [3.05, 3.63) is 59.1 Å². The summed E-state index contributed by atoms with van der Waals surface area (Å²) in [4.78, 5) is 14.1. The number of ether oxygens (including phenoxy) is 2. The van der Waals surface area contributed by atoms with Crippen LogP contribution in [0, 0.1) is 0 Å². The first kappa shape index (κ1) is 20.1. The molecule has 0 aliphatic carbocycles. The van der Waals surface area contributed by atoms with Crippen molar-refractivity contribution in [3.63, 3.8) is 0 Å². The van der Waals surface area contributed by atoms with E-state index in [1.807, 2.05) is 42.2 Å². The first-order valence-corrected chi connectivity index (χ1v) is 9.09. The zero-order valence-corrected chi connectivity index (χ0v) is 16.7. The average Bonchev–Trinajstić information content (AvgIpc) is 2.55. The van der Waals surface area contributed by atoms with Gasteiger partial charge in [-0.15, -0.1) is 0 Å². The maximum atomic E-state index is 12.1. The maximum absolute atomic E-state index is 12.1. The topological polar surface area (TPSA) is 38.8 Å². The van der Waals surface area contributed by atoms with Crippen LogP contribution < -0.4 is 9.64 Å². The lowest BCUT2D eigenvalue weighted by Crippen LogP contribution is -2.37. The second kappa shape index (κ2) is 8.45. The van der Waals surface area contributed by atoms with Crippen molar-refractivity contribution in [1.82, 2.24) is 0 Å². The molecule has 26 heavy (non-hydrogen) atoms. The third-order valence-electron chi connectivity index (χ3n) is 4.11. The number of carbonyl (C=O) groups is 1. The number of anilines is 1. The number of hydrogen-bond donors (Lipinski definition) is 0. The molecule has 1 unspecified atom stereocenters. The molecular weight excluding hydrogens is 350 g/mol. The molecule has 0 N–H and O–H groups in total. The molecule has 4 nitrogen and oxygen atoms in total. The highest BCUT2D eigenvalue weighted by Crippen LogP contribution is 2.25. The van der Waals surface area contributed by atoms with Gasteiger partial charge < -0.3 is 14.4 Å². The van der Waals surface area contributed by atoms with Gasteiger partial charge >= 0.3 is 6.16 Å². The minimum atomic E-state index is -0.735. The Morgan fingerprint density at radius 2 is 1.81 bits per heavy atom. The Labute approximate surface area is 160 Å². The molecule has 1 atom stereocenters. The Balaban J connectivity index is 1.99. The minimum Gasteiger partial charge on any atom is -0.410 e. The fraction of sp³-hybridized carbons (Fsp3) is 0.381. The lowest BCUT2D eigenvalue weighted by molar-refractivity contribution is 0.0645. The predicted molar refractivity (Wildman–Crippen MR) is 106 cm³/mol. The molecule has 0 radical (unpaired) electrons. The molecule has 0 saturated heterocycles. The Bertz CT molecular complexity index is 738. The van der Waals surface area contributed by atoms with Crippen LogP contribution in [0.1, 0.15) is 40.2 Å². The van der Waals surface area contributed by atoms with Crippen LogP contribution in [0.4, 0.5) is 10.5 Å². The largest absolute Gasteiger partial charge is 0.515 e. The molecule has 0 saturated carbocycles. The molecule has 0 aliphatic heterocycles. The van der Waals surface area contributed by atoms with E-state index in [0.29, 0.717) is 17.3 Å². The third-order valence-corrected chi connectivity index (χ3v) is 4.34. The standard InChI is InChI=1S/C21H26ClNO3/c1-6-23(18-9-7-8-17(22)14-18)15(2)25-20(24)26-19-12-10-16(11-13-19)21(3,4)5/h7-15H,6H2,1-5H3. The van der Waals surface area contributed by atoms with E-state index in [2.05, 4.69) is 20.8 Å². The molecule has 0 amide bonds. The molecule has 5 heteroatoms. The van der Waals surface area contributed by atoms with Gasteiger partial charge in [0.2, 0.25) is 0 Å². The van der Waals surface area contributed by atoms with Gasteiger partial charge in [0.15, 0.2) is 6.23 Å². The quantitative estimate of drug-likeness (QED) is 0.363. The summed E-state index contributed by atoms with van der Waals surface area (Å²) in [5.41, 5.74) is 2.10. The lowest BCUT2D eigenvalue weighted by Gasteiger charge is -2.29. The van der Waals surface area contributed by atoms with Crippen molar-refractivity contribution in [3.8, 4) is 5.75 Å². The predicted octanol–water partition coefficient (Wildman–Crippen LogP) is 6.03. The Morgan fingerprint density at radius 1 is 1.15 bits per heavy atom. The third kappa shape index (κ3) is 5.40. The second-order valence-corrected chi connectivity index (χ2v) is 7.55. The number of halogens is 1. The van der Waals surface area contributed by atoms with Crippen LogP contribution in [-0.4, -0.2) is 18.9 Å². The second-order valence-electron chi connectivity index (χ2n) is 7.11. The summed E-state index contributed by atoms with van der Waals surface area (Å²) in [7, 11) is 0. The van der Waals surface area contributed by atoms with Crippen molar-refractivity contribution in [2.45, 2.75) is 46.3 Å². The zero-order valence-electron chi connectivity index (χ0n) is 16.0. The van der Waals surface area contributed by atoms with E-state index in [4.69, 9.17) is 21.1 Å². The van der Waals surface area contributed by atoms with Crippen molar-refractivity contribution in [2.75, 3.05) is 11.4 Å². The molecule has 2 rings (SSSR count). The van der Waals surface area contributed by atoms with Gasteiger partial charge in [0.1, 0.15) is 5.75 Å². The van der Waals surface area contributed by atoms with E-state index in [9.17, 15) is 4.79 Å². The molecule has 0 heterocycles. The van der Waals surface area contributed by atoms with E-state index in [0.717, 1.165) is 5.69 Å². The fourth-order valence-corrected chi connectivity index (χ4v) is 2.84. The fourth-order valence-electron chi connectivity index (χ4n) is 2.65. The number of hydrogen-bond acceptors (Lipinski definition) is 4. The normalized spacial score (nSPS) is 12.4. The highest BCUT2D eigenvalue weighted by atomic mass is 35.5. The van der Waals surface area contributed by atoms with Gasteiger partial charge in [-0.25, -0.2) is 4.79 Å². The van der Waals surface area contributed by atoms with Crippen molar-refractivity contribution >= 4 is 23.4 Å². The molecule has 2 aromatic rings. The zero-order chi connectivity index (χ0) is 19.3. The highest BCUT2D eigenvalue weighted by molar-refractivity contribution is 6.30. The molecule has 0 aromatic heterocycles. The molecule has 0 spiro atoms. The van der Waals surface area contributed by atoms with Gasteiger partial charge in [-0.3, -0.25) is 0 Å². The van der Waals surface area contributed by atoms with Gasteiger partial charge in [0.25, 0.3) is 0 Å². The van der Waals surface area contributed by atoms with Gasteiger partial charge in [0.05, 0.1) is 0 Å². The van der Waals surface area contributed by atoms with Crippen molar-refractivity contribution < 1.29 is 14.3 Å². The van der Waals surface area contributed by atoms with Crippen LogP contribution >= 0.6 is 11.6 Å². The summed E-state index contributed by atoms with van der Waals surface area (Å²) in [6.45, 7) is 10.8. The van der Waals surface area contributed by atoms with Crippen LogP contribution in [0.5, 0.6) is 5.75 Å². The molecule has 0 aliphatic rings. The monoisotopic (exact) mass is 375 g/mol. The number of carbonyl (C=O) groups excluding carboxylic acids is 1. The van der Waals surface area contributed by atoms with Crippen LogP contribution in [0.3, 0.4) is 0 Å². The first-order valence-electron chi connectivity index (χ1n) is 8.72. The average molecular weight is 376 g/mol. The first-order chi connectivity index (χ1) is 12.2. The summed E-state index contributed by atoms with van der Waals surface area (Å²) in [6.07, 6.45) is -1.22. The van der Waals surface area contributed by atoms with Gasteiger partial charge in [0, 0.05) is 17.3 Å². The van der Waals surface area contributed by atoms with E-state index in [1.165, 1.54) is 5.56 Å². The van der Waals surface area contributed by atoms with E-state index in [1.54, 1.807) is 25.1 Å². The van der Waals surface area contributed by atoms with Crippen LogP contribution in [0.25, 0.3) is 0 Å². The number of nitrogens with zero attached hydrogens (tertiary/aromatic N) is 1. The molecule has 140 valence electrons. The molecule has 2 aromatic carbocycles. The molecular formula is C21H26ClNO3. The highest BCUT2D eigenvalue weighted by Gasteiger charge is 2.19. The summed E-state index contributed by atoms with van der Waals surface area (Å²) in [6, 6.07) is 14.9. The van der Waals surface area contributed by atoms with Crippen LogP contribution in [0.15, 0.2) is 48.5 Å². The lowest BCUT2D eigenvalue weighted by atomic mass is 9.87. The van der Waals surface area contributed by atoms with Gasteiger partial charge in [-0.05, 0) is 55.2 Å². The van der Waals surface area contributed by atoms with Gasteiger partial charge in [-0.2, -0.15) is 0 Å². The van der Waals surface area contributed by atoms with Crippen molar-refractivity contribution in [2.24, 2.45) is 0 Å². The van der Waals surface area contributed by atoms with E-state index < -0.39 is 12.4 Å². The summed E-state index contributed by atoms with van der Waals surface area (Å²) < 4.78 is 10.7. The van der Waals surface area contributed by atoms with E-state index in [-0.39, 0.29) is 5.41 Å². The van der Waals surface area contributed by atoms with Gasteiger partial charge in [-0.1, -0.05) is 50.6 Å². The summed E-state index contributed by atoms with van der Waals surface area (Å²) in [5, 5.41) is 0.634. The maximum Gasteiger partial charge on any atom is 0.515 e. The molecule has 0 fully saturated rings. The Kier molecular flexibility index (Phi) is 6.54. The minimum absolute atomic E-state index is 0.0478. The number of benzene rings is 2. The smallest absolute Gasteiger partial charge is 0.410 e. The van der Waals surface area contributed by atoms with Crippen molar-refractivity contribution in [1.29, 1.82) is 0 Å². The summed E-state index contributed by atoms with van der Waals surface area (Å²) >= 11 is 6.05. The van der Waals surface area contributed by atoms with Crippen LogP contribution in [0.2, 0.25) is 5.02 Å². The summed E-state index contributed by atoms with van der Waals surface area (Å²) in [5.74, 6) is 0.459. The Hall–Kier alpha value is -2.20. The molecule has 0 bridgehead atoms. The van der Waals surface area contributed by atoms with Crippen LogP contribution in [-0.2, 0) is 10.2 Å².